The highest BCUT2D eigenvalue weighted by molar-refractivity contribution is 6.05. The molecule has 1 aliphatic carbocycles. The first-order chi connectivity index (χ1) is 9.42. The molecule has 6 nitrogen and oxygen atoms in total. The van der Waals surface area contributed by atoms with E-state index in [0.717, 1.165) is 5.06 Å². The van der Waals surface area contributed by atoms with Crippen LogP contribution in [0.1, 0.15) is 13.3 Å². The van der Waals surface area contributed by atoms with Crippen molar-refractivity contribution in [2.75, 3.05) is 7.11 Å². The Bertz CT molecular complexity index is 536. The third-order valence-electron chi connectivity index (χ3n) is 3.76. The Morgan fingerprint density at radius 3 is 2.55 bits per heavy atom. The lowest BCUT2D eigenvalue weighted by Gasteiger charge is -2.36. The Hall–Kier alpha value is -1.76. The van der Waals surface area contributed by atoms with E-state index in [1.165, 1.54) is 19.3 Å². The predicted octanol–water partition coefficient (Wildman–Crippen LogP) is 0.0872. The first-order valence-electron chi connectivity index (χ1n) is 6.29. The van der Waals surface area contributed by atoms with Gasteiger partial charge in [0.05, 0.1) is 12.8 Å². The maximum absolute atomic E-state index is 12.6. The number of hydroxylamine groups is 2. The van der Waals surface area contributed by atoms with Crippen molar-refractivity contribution >= 4 is 11.7 Å². The lowest BCUT2D eigenvalue weighted by atomic mass is 9.67. The van der Waals surface area contributed by atoms with Gasteiger partial charge in [-0.25, -0.2) is 0 Å². The van der Waals surface area contributed by atoms with E-state index < -0.39 is 29.3 Å². The molecule has 1 aliphatic heterocycles. The van der Waals surface area contributed by atoms with Crippen molar-refractivity contribution in [2.24, 2.45) is 5.41 Å². The van der Waals surface area contributed by atoms with Crippen molar-refractivity contribution in [3.8, 4) is 0 Å². The molecule has 1 fully saturated rings. The molecule has 2 N–H and O–H groups in total. The van der Waals surface area contributed by atoms with Gasteiger partial charge in [0.15, 0.2) is 5.78 Å². The summed E-state index contributed by atoms with van der Waals surface area (Å²) in [6.45, 7) is 5.45. The Balaban J connectivity index is 2.68. The Labute approximate surface area is 116 Å². The van der Waals surface area contributed by atoms with Crippen LogP contribution in [0.4, 0.5) is 0 Å². The molecule has 1 saturated heterocycles. The van der Waals surface area contributed by atoms with Crippen LogP contribution in [-0.2, 0) is 14.4 Å². The minimum Gasteiger partial charge on any atom is -0.385 e. The van der Waals surface area contributed by atoms with E-state index in [9.17, 15) is 19.8 Å². The van der Waals surface area contributed by atoms with Gasteiger partial charge >= 0.3 is 0 Å². The van der Waals surface area contributed by atoms with Gasteiger partial charge in [0.2, 0.25) is 0 Å². The number of carbonyl (C=O) groups excluding carboxylic acids is 2. The normalized spacial score (nSPS) is 35.7. The van der Waals surface area contributed by atoms with Crippen molar-refractivity contribution in [2.45, 2.75) is 25.6 Å². The zero-order valence-corrected chi connectivity index (χ0v) is 11.4. The number of aliphatic hydroxyl groups excluding tert-OH is 2. The zero-order chi connectivity index (χ0) is 15.1. The molecular formula is C14H17NO5. The zero-order valence-electron chi connectivity index (χ0n) is 11.4. The number of hydrogen-bond acceptors (Lipinski definition) is 5. The van der Waals surface area contributed by atoms with E-state index in [4.69, 9.17) is 4.84 Å². The summed E-state index contributed by atoms with van der Waals surface area (Å²) in [7, 11) is 1.25. The summed E-state index contributed by atoms with van der Waals surface area (Å²) in [6, 6.07) is 0. The summed E-state index contributed by atoms with van der Waals surface area (Å²) in [5.41, 5.74) is -1.37. The highest BCUT2D eigenvalue weighted by Crippen LogP contribution is 2.49. The van der Waals surface area contributed by atoms with Gasteiger partial charge in [0, 0.05) is 0 Å². The van der Waals surface area contributed by atoms with E-state index in [-0.39, 0.29) is 5.70 Å². The number of hydrogen-bond donors (Lipinski definition) is 2. The molecule has 1 unspecified atom stereocenters. The lowest BCUT2D eigenvalue weighted by Crippen LogP contribution is -2.54. The molecule has 0 aromatic carbocycles. The maximum Gasteiger partial charge on any atom is 0.267 e. The number of rotatable bonds is 2. The SMILES string of the molecule is C=C1[C@H](O)[C@@]2(C(=O)N1OC)/C(=C/CC)C=CC(=O)C2O. The third kappa shape index (κ3) is 1.62. The molecule has 108 valence electrons. The highest BCUT2D eigenvalue weighted by Gasteiger charge is 2.64. The van der Waals surface area contributed by atoms with Crippen LogP contribution in [0.15, 0.2) is 36.1 Å². The Morgan fingerprint density at radius 1 is 1.40 bits per heavy atom. The van der Waals surface area contributed by atoms with Gasteiger partial charge in [0.25, 0.3) is 5.91 Å². The minimum atomic E-state index is -1.77. The Morgan fingerprint density at radius 2 is 2.05 bits per heavy atom. The summed E-state index contributed by atoms with van der Waals surface area (Å²) in [5.74, 6) is -1.32. The van der Waals surface area contributed by atoms with Crippen molar-refractivity contribution < 1.29 is 24.6 Å². The molecule has 6 heteroatoms. The van der Waals surface area contributed by atoms with Gasteiger partial charge in [-0.15, -0.1) is 0 Å². The lowest BCUT2D eigenvalue weighted by molar-refractivity contribution is -0.171. The maximum atomic E-state index is 12.6. The number of allylic oxidation sites excluding steroid dienone is 2. The van der Waals surface area contributed by atoms with E-state index in [0.29, 0.717) is 12.0 Å². The molecule has 0 radical (unpaired) electrons. The summed E-state index contributed by atoms with van der Waals surface area (Å²) in [5, 5.41) is 21.5. The number of ketones is 1. The fraction of sp³-hybridized carbons (Fsp3) is 0.429. The molecule has 0 bridgehead atoms. The quantitative estimate of drug-likeness (QED) is 0.748. The van der Waals surface area contributed by atoms with Crippen LogP contribution >= 0.6 is 0 Å². The van der Waals surface area contributed by atoms with E-state index >= 15 is 0 Å². The monoisotopic (exact) mass is 279 g/mol. The highest BCUT2D eigenvalue weighted by atomic mass is 16.7. The molecule has 20 heavy (non-hydrogen) atoms. The fourth-order valence-electron chi connectivity index (χ4n) is 2.78. The third-order valence-corrected chi connectivity index (χ3v) is 3.76. The second-order valence-electron chi connectivity index (χ2n) is 4.75. The summed E-state index contributed by atoms with van der Waals surface area (Å²) >= 11 is 0. The van der Waals surface area contributed by atoms with Crippen LogP contribution in [0.2, 0.25) is 0 Å². The van der Waals surface area contributed by atoms with Gasteiger partial charge in [-0.1, -0.05) is 25.7 Å². The minimum absolute atomic E-state index is 0.00153. The smallest absolute Gasteiger partial charge is 0.267 e. The molecule has 1 heterocycles. The number of aliphatic hydroxyl groups is 2. The molecule has 0 saturated carbocycles. The predicted molar refractivity (Wildman–Crippen MR) is 70.0 cm³/mol. The topological polar surface area (TPSA) is 87.1 Å². The number of nitrogens with zero attached hydrogens (tertiary/aromatic N) is 1. The average Bonchev–Trinajstić information content (AvgIpc) is 2.61. The molecule has 1 spiro atoms. The summed E-state index contributed by atoms with van der Waals surface area (Å²) < 4.78 is 0. The first-order valence-corrected chi connectivity index (χ1v) is 6.29. The van der Waals surface area contributed by atoms with Crippen molar-refractivity contribution in [3.05, 3.63) is 36.1 Å². The van der Waals surface area contributed by atoms with E-state index in [2.05, 4.69) is 6.58 Å². The molecule has 3 atom stereocenters. The molecule has 1 amide bonds. The van der Waals surface area contributed by atoms with Gasteiger partial charge < -0.3 is 10.2 Å². The molecule has 2 rings (SSSR count). The molecule has 0 aromatic rings. The van der Waals surface area contributed by atoms with Crippen molar-refractivity contribution in [1.29, 1.82) is 0 Å². The van der Waals surface area contributed by atoms with Crippen LogP contribution in [0, 0.1) is 5.41 Å². The summed E-state index contributed by atoms with van der Waals surface area (Å²) in [6.07, 6.45) is 1.85. The standard InChI is InChI=1S/C14H17NO5/c1-4-5-9-6-7-10(16)12(18)14(9)11(17)8(2)15(20-3)13(14)19/h5-7,11-12,17-18H,2,4H2,1,3H3/b9-5+/t11-,12?,14-/m0/s1. The number of amides is 1. The van der Waals surface area contributed by atoms with Crippen LogP contribution in [0.3, 0.4) is 0 Å². The van der Waals surface area contributed by atoms with E-state index in [1.807, 2.05) is 6.92 Å². The molecule has 0 aromatic heterocycles. The summed E-state index contributed by atoms with van der Waals surface area (Å²) in [4.78, 5) is 29.2. The average molecular weight is 279 g/mol. The van der Waals surface area contributed by atoms with Gasteiger partial charge in [-0.2, -0.15) is 5.06 Å². The Kier molecular flexibility index (Phi) is 3.64. The van der Waals surface area contributed by atoms with E-state index in [1.54, 1.807) is 6.08 Å². The largest absolute Gasteiger partial charge is 0.385 e. The van der Waals surface area contributed by atoms with Gasteiger partial charge in [0.1, 0.15) is 17.6 Å². The second kappa shape index (κ2) is 4.97. The number of carbonyl (C=O) groups is 2. The van der Waals surface area contributed by atoms with Crippen LogP contribution in [0.5, 0.6) is 0 Å². The second-order valence-corrected chi connectivity index (χ2v) is 4.75. The van der Waals surface area contributed by atoms with Crippen molar-refractivity contribution in [1.82, 2.24) is 5.06 Å². The van der Waals surface area contributed by atoms with Crippen molar-refractivity contribution in [3.63, 3.8) is 0 Å². The first kappa shape index (κ1) is 14.6. The van der Waals surface area contributed by atoms with Crippen LogP contribution in [0.25, 0.3) is 0 Å². The van der Waals surface area contributed by atoms with Crippen LogP contribution < -0.4 is 0 Å². The molecule has 2 aliphatic rings. The van der Waals surface area contributed by atoms with Gasteiger partial charge in [-0.05, 0) is 18.1 Å². The van der Waals surface area contributed by atoms with Crippen LogP contribution in [-0.4, -0.2) is 46.3 Å². The van der Waals surface area contributed by atoms with Gasteiger partial charge in [-0.3, -0.25) is 14.4 Å². The molecular weight excluding hydrogens is 262 g/mol. The fourth-order valence-corrected chi connectivity index (χ4v) is 2.78.